The summed E-state index contributed by atoms with van der Waals surface area (Å²) in [5.74, 6) is 1.23. The number of nitrogen functional groups attached to an aromatic ring is 1. The minimum Gasteiger partial charge on any atom is -0.383 e. The molecule has 0 amide bonds. The van der Waals surface area contributed by atoms with E-state index in [1.54, 1.807) is 41.2 Å². The number of benzene rings is 1. The Morgan fingerprint density at radius 3 is 2.61 bits per heavy atom. The zero-order valence-electron chi connectivity index (χ0n) is 28.1. The number of rotatable bonds is 7. The molecule has 0 atom stereocenters. The van der Waals surface area contributed by atoms with Crippen molar-refractivity contribution in [2.24, 2.45) is 0 Å². The molecule has 1 aliphatic heterocycles. The molecule has 41 heavy (non-hydrogen) atoms. The van der Waals surface area contributed by atoms with E-state index in [0.717, 1.165) is 38.0 Å². The molecule has 1 aromatic carbocycles. The number of aromatic nitrogens is 6. The summed E-state index contributed by atoms with van der Waals surface area (Å²) in [5.41, 5.74) is 9.24. The van der Waals surface area contributed by atoms with E-state index in [0.29, 0.717) is 33.3 Å². The molecule has 1 saturated heterocycles. The molecule has 1 fully saturated rings. The van der Waals surface area contributed by atoms with Crippen LogP contribution >= 0.6 is 0 Å². The van der Waals surface area contributed by atoms with E-state index >= 15 is 0 Å². The third-order valence-electron chi connectivity index (χ3n) is 7.09. The summed E-state index contributed by atoms with van der Waals surface area (Å²) in [6, 6.07) is 18.2. The van der Waals surface area contributed by atoms with Crippen molar-refractivity contribution < 1.29 is 8.22 Å². The molecule has 6 rings (SSSR count). The molecule has 5 aromatic rings. The number of imidazole rings is 1. The Hall–Kier alpha value is -5.08. The van der Waals surface area contributed by atoms with Gasteiger partial charge in [0.2, 0.25) is 5.82 Å². The van der Waals surface area contributed by atoms with E-state index in [4.69, 9.17) is 24.2 Å². The molecule has 206 valence electrons. The average molecular weight is 552 g/mol. The van der Waals surface area contributed by atoms with Crippen LogP contribution < -0.4 is 16.0 Å². The van der Waals surface area contributed by atoms with Crippen LogP contribution in [0.5, 0.6) is 0 Å². The minimum atomic E-state index is -2.96. The second-order valence-electron chi connectivity index (χ2n) is 9.79. The fourth-order valence-corrected chi connectivity index (χ4v) is 5.05. The van der Waals surface area contributed by atoms with Crippen molar-refractivity contribution in [3.8, 4) is 23.1 Å². The maximum Gasteiger partial charge on any atom is 0.234 e. The monoisotopic (exact) mass is 551 g/mol. The van der Waals surface area contributed by atoms with Crippen LogP contribution in [0.3, 0.4) is 0 Å². The zero-order valence-corrected chi connectivity index (χ0v) is 22.1. The predicted octanol–water partition coefficient (Wildman–Crippen LogP) is 3.87. The second kappa shape index (κ2) is 11.2. The Labute approximate surface area is 246 Å². The van der Waals surface area contributed by atoms with Gasteiger partial charge >= 0.3 is 0 Å². The van der Waals surface area contributed by atoms with Crippen molar-refractivity contribution >= 4 is 28.6 Å². The largest absolute Gasteiger partial charge is 0.383 e. The molecule has 0 saturated carbocycles. The molecule has 0 radical (unpaired) electrons. The second-order valence-corrected chi connectivity index (χ2v) is 9.79. The van der Waals surface area contributed by atoms with Crippen molar-refractivity contribution in [3.63, 3.8) is 0 Å². The van der Waals surface area contributed by atoms with Gasteiger partial charge in [-0.25, -0.2) is 24.9 Å². The van der Waals surface area contributed by atoms with Crippen LogP contribution in [0.15, 0.2) is 67.0 Å². The highest BCUT2D eigenvalue weighted by molar-refractivity contribution is 5.83. The summed E-state index contributed by atoms with van der Waals surface area (Å²) in [6.45, 7) is -3.43. The number of nitrogens with one attached hydrogen (secondary N) is 1. The minimum absolute atomic E-state index is 0.139. The third kappa shape index (κ3) is 5.50. The Morgan fingerprint density at radius 2 is 1.85 bits per heavy atom. The molecular formula is C30H31N11. The van der Waals surface area contributed by atoms with Crippen molar-refractivity contribution in [2.45, 2.75) is 25.4 Å². The average Bonchev–Trinajstić information content (AvgIpc) is 3.40. The van der Waals surface area contributed by atoms with Gasteiger partial charge in [0.15, 0.2) is 11.5 Å². The van der Waals surface area contributed by atoms with E-state index in [1.165, 1.54) is 6.07 Å². The Kier molecular flexibility index (Phi) is 5.43. The number of hydrogen-bond donors (Lipinski definition) is 2. The summed E-state index contributed by atoms with van der Waals surface area (Å²) in [7, 11) is 0. The summed E-state index contributed by atoms with van der Waals surface area (Å²) in [6.07, 6.45) is 4.98. The van der Waals surface area contributed by atoms with Crippen molar-refractivity contribution in [1.29, 1.82) is 5.26 Å². The van der Waals surface area contributed by atoms with Gasteiger partial charge in [-0.3, -0.25) is 9.47 Å². The predicted molar refractivity (Wildman–Crippen MR) is 160 cm³/mol. The normalized spacial score (nSPS) is 17.0. The fraction of sp³-hybridized carbons (Fsp3) is 0.267. The first-order valence-corrected chi connectivity index (χ1v) is 13.1. The number of nitriles is 1. The van der Waals surface area contributed by atoms with Crippen LogP contribution in [0.2, 0.25) is 0 Å². The van der Waals surface area contributed by atoms with E-state index < -0.39 is 14.0 Å². The van der Waals surface area contributed by atoms with Crippen molar-refractivity contribution in [3.05, 3.63) is 78.4 Å². The quantitative estimate of drug-likeness (QED) is 0.307. The Bertz CT molecular complexity index is 1910. The number of fused-ring (bicyclic) bond motifs is 1. The van der Waals surface area contributed by atoms with Crippen LogP contribution in [0, 0.1) is 11.3 Å². The topological polar surface area (TPSA) is 138 Å². The van der Waals surface area contributed by atoms with E-state index in [9.17, 15) is 0 Å². The van der Waals surface area contributed by atoms with Crippen molar-refractivity contribution in [2.75, 3.05) is 43.0 Å². The first-order valence-electron chi connectivity index (χ1n) is 16.1. The molecule has 3 N–H and O–H groups in total. The van der Waals surface area contributed by atoms with Gasteiger partial charge in [0, 0.05) is 65.9 Å². The number of hydrogen-bond acceptors (Lipinski definition) is 10. The number of anilines is 3. The number of likely N-dealkylation sites (tertiary alicyclic amines) is 1. The molecule has 0 bridgehead atoms. The van der Waals surface area contributed by atoms with E-state index in [-0.39, 0.29) is 29.1 Å². The maximum atomic E-state index is 9.06. The van der Waals surface area contributed by atoms with Gasteiger partial charge in [-0.1, -0.05) is 12.1 Å². The van der Waals surface area contributed by atoms with Gasteiger partial charge in [0.05, 0.1) is 5.56 Å². The Morgan fingerprint density at radius 1 is 1.02 bits per heavy atom. The van der Waals surface area contributed by atoms with E-state index in [2.05, 4.69) is 30.2 Å². The van der Waals surface area contributed by atoms with Gasteiger partial charge in [-0.15, -0.1) is 0 Å². The highest BCUT2D eigenvalue weighted by Gasteiger charge is 2.21. The lowest BCUT2D eigenvalue weighted by Crippen LogP contribution is -2.38. The molecule has 11 nitrogen and oxygen atoms in total. The lowest BCUT2D eigenvalue weighted by molar-refractivity contribution is 0.211. The molecule has 0 aliphatic carbocycles. The molecule has 0 spiro atoms. The van der Waals surface area contributed by atoms with Gasteiger partial charge in [0.25, 0.3) is 0 Å². The Balaban J connectivity index is 1.27. The number of pyridine rings is 2. The van der Waals surface area contributed by atoms with Crippen LogP contribution in [0.4, 0.5) is 17.5 Å². The van der Waals surface area contributed by atoms with Gasteiger partial charge < -0.3 is 16.0 Å². The fourth-order valence-electron chi connectivity index (χ4n) is 5.05. The lowest BCUT2D eigenvalue weighted by atomic mass is 10.0. The van der Waals surface area contributed by atoms with Crippen LogP contribution in [0.1, 0.15) is 32.5 Å². The molecule has 1 aliphatic rings. The summed E-state index contributed by atoms with van der Waals surface area (Å²) >= 11 is 0. The standard InChI is InChI=1S/C30H31N11/c1-39(2)27-10-9-24-30(38-27)41(29(36-24)23-4-3-14-34-28(23)32)22-7-5-20(6-8-22)19-40-16-12-21(13-17-40)35-25-11-15-33-26(18-31)37-25/h3-11,14-15,21H,12-13,16-17,19H2,1-2H3,(H2,32,34)(H,33,35,37)/i1D3,2D3. The van der Waals surface area contributed by atoms with E-state index in [1.807, 2.05) is 30.3 Å². The molecule has 5 heterocycles. The van der Waals surface area contributed by atoms with Crippen LogP contribution in [-0.4, -0.2) is 67.5 Å². The first-order chi connectivity index (χ1) is 22.4. The SMILES string of the molecule is [2H]C([2H])([2H])N(c1ccc2nc(-c3cccnc3N)n(-c3ccc(CN4CCC(Nc5ccnc(C#N)n5)CC4)cc3)c2n1)C([2H])([2H])[2H]. The summed E-state index contributed by atoms with van der Waals surface area (Å²) in [5, 5.41) is 12.5. The van der Waals surface area contributed by atoms with Gasteiger partial charge in [0.1, 0.15) is 29.0 Å². The number of nitrogens with zero attached hydrogens (tertiary/aromatic N) is 9. The third-order valence-corrected chi connectivity index (χ3v) is 7.09. The lowest BCUT2D eigenvalue weighted by Gasteiger charge is -2.32. The smallest absolute Gasteiger partial charge is 0.234 e. The van der Waals surface area contributed by atoms with Crippen molar-refractivity contribution in [1.82, 2.24) is 34.4 Å². The van der Waals surface area contributed by atoms with Crippen LogP contribution in [0.25, 0.3) is 28.2 Å². The molecular weight excluding hydrogens is 514 g/mol. The first kappa shape index (κ1) is 19.9. The highest BCUT2D eigenvalue weighted by Crippen LogP contribution is 2.31. The number of piperidine rings is 1. The highest BCUT2D eigenvalue weighted by atomic mass is 15.2. The number of nitrogens with two attached hydrogens (primary N) is 1. The van der Waals surface area contributed by atoms with Gasteiger partial charge in [-0.2, -0.15) is 5.26 Å². The summed E-state index contributed by atoms with van der Waals surface area (Å²) < 4.78 is 49.0. The maximum absolute atomic E-state index is 9.06. The summed E-state index contributed by atoms with van der Waals surface area (Å²) in [4.78, 5) is 24.3. The zero-order chi connectivity index (χ0) is 33.3. The molecule has 0 unspecified atom stereocenters. The van der Waals surface area contributed by atoms with Gasteiger partial charge in [-0.05, 0) is 60.9 Å². The molecule has 11 heteroatoms. The molecule has 4 aromatic heterocycles. The van der Waals surface area contributed by atoms with Crippen LogP contribution in [-0.2, 0) is 6.54 Å².